The van der Waals surface area contributed by atoms with Gasteiger partial charge in [-0.3, -0.25) is 19.7 Å². The van der Waals surface area contributed by atoms with E-state index >= 15 is 0 Å². The van der Waals surface area contributed by atoms with Gasteiger partial charge in [-0.2, -0.15) is 0 Å². The SMILES string of the molecule is COc1cccc(/C=C/C(=O)CC(=O)C2C(c3ccccc3)NC3(C(=O)Nc4ccc(Cl)cc43)C2c2ccc(O)c(OC)c2)c1. The Hall–Kier alpha value is -4.92. The fraction of sp³-hybridized carbons (Fsp3) is 0.194. The lowest BCUT2D eigenvalue weighted by molar-refractivity contribution is -0.128. The third-order valence-corrected chi connectivity index (χ3v) is 8.81. The first kappa shape index (κ1) is 30.1. The molecule has 6 rings (SSSR count). The number of halogens is 1. The molecular weight excluding hydrogens is 592 g/mol. The number of Topliss-reactive ketones (excluding diaryl/α,β-unsaturated/α-hetero) is 1. The van der Waals surface area contributed by atoms with E-state index < -0.39 is 23.4 Å². The van der Waals surface area contributed by atoms with Gasteiger partial charge in [0.1, 0.15) is 17.1 Å². The van der Waals surface area contributed by atoms with Crippen molar-refractivity contribution < 1.29 is 29.0 Å². The predicted molar refractivity (Wildman–Crippen MR) is 172 cm³/mol. The van der Waals surface area contributed by atoms with Crippen LogP contribution in [-0.2, 0) is 19.9 Å². The summed E-state index contributed by atoms with van der Waals surface area (Å²) in [5.74, 6) is -1.98. The number of hydrogen-bond acceptors (Lipinski definition) is 7. The van der Waals surface area contributed by atoms with Gasteiger partial charge in [0, 0.05) is 34.2 Å². The summed E-state index contributed by atoms with van der Waals surface area (Å²) < 4.78 is 10.7. The molecule has 8 nitrogen and oxygen atoms in total. The minimum Gasteiger partial charge on any atom is -0.504 e. The summed E-state index contributed by atoms with van der Waals surface area (Å²) in [6.45, 7) is 0. The molecule has 0 radical (unpaired) electrons. The van der Waals surface area contributed by atoms with Crippen LogP contribution in [0.2, 0.25) is 5.02 Å². The molecule has 1 fully saturated rings. The smallest absolute Gasteiger partial charge is 0.250 e. The summed E-state index contributed by atoms with van der Waals surface area (Å²) in [7, 11) is 3.00. The van der Waals surface area contributed by atoms with E-state index in [1.807, 2.05) is 42.5 Å². The van der Waals surface area contributed by atoms with Crippen molar-refractivity contribution in [1.82, 2.24) is 5.32 Å². The number of ketones is 2. The van der Waals surface area contributed by atoms with Gasteiger partial charge < -0.3 is 19.9 Å². The van der Waals surface area contributed by atoms with E-state index in [-0.39, 0.29) is 35.4 Å². The number of allylic oxidation sites excluding steroid dienone is 1. The Bertz CT molecular complexity index is 1820. The van der Waals surface area contributed by atoms with Gasteiger partial charge >= 0.3 is 0 Å². The Morgan fingerprint density at radius 2 is 1.73 bits per heavy atom. The van der Waals surface area contributed by atoms with Crippen molar-refractivity contribution in [2.75, 3.05) is 19.5 Å². The Labute approximate surface area is 265 Å². The van der Waals surface area contributed by atoms with Crippen molar-refractivity contribution in [3.05, 3.63) is 124 Å². The molecule has 2 aliphatic heterocycles. The zero-order chi connectivity index (χ0) is 31.7. The van der Waals surface area contributed by atoms with Crippen LogP contribution in [0.25, 0.3) is 6.08 Å². The van der Waals surface area contributed by atoms with Crippen LogP contribution in [0.15, 0.2) is 97.1 Å². The number of rotatable bonds is 9. The second-order valence-electron chi connectivity index (χ2n) is 11.1. The minimum absolute atomic E-state index is 0.0825. The monoisotopic (exact) mass is 622 g/mol. The van der Waals surface area contributed by atoms with Crippen molar-refractivity contribution in [2.24, 2.45) is 5.92 Å². The average Bonchev–Trinajstić information content (AvgIpc) is 3.55. The van der Waals surface area contributed by atoms with Gasteiger partial charge in [0.05, 0.1) is 20.6 Å². The average molecular weight is 623 g/mol. The van der Waals surface area contributed by atoms with Gasteiger partial charge in [-0.05, 0) is 65.2 Å². The van der Waals surface area contributed by atoms with Crippen molar-refractivity contribution in [3.8, 4) is 17.2 Å². The molecule has 4 unspecified atom stereocenters. The van der Waals surface area contributed by atoms with Crippen molar-refractivity contribution in [2.45, 2.75) is 23.9 Å². The largest absolute Gasteiger partial charge is 0.504 e. The molecule has 1 amide bonds. The van der Waals surface area contributed by atoms with Crippen molar-refractivity contribution >= 4 is 40.8 Å². The molecule has 4 atom stereocenters. The van der Waals surface area contributed by atoms with Crippen LogP contribution in [0.3, 0.4) is 0 Å². The Kier molecular flexibility index (Phi) is 8.18. The molecule has 4 aromatic carbocycles. The van der Waals surface area contributed by atoms with E-state index in [0.717, 1.165) is 11.1 Å². The second-order valence-corrected chi connectivity index (χ2v) is 11.6. The molecule has 1 saturated heterocycles. The predicted octanol–water partition coefficient (Wildman–Crippen LogP) is 6.20. The van der Waals surface area contributed by atoms with Gasteiger partial charge in [-0.1, -0.05) is 66.2 Å². The highest BCUT2D eigenvalue weighted by molar-refractivity contribution is 6.31. The molecule has 45 heavy (non-hydrogen) atoms. The second kappa shape index (κ2) is 12.2. The Morgan fingerprint density at radius 3 is 2.49 bits per heavy atom. The van der Waals surface area contributed by atoms with Gasteiger partial charge in [0.25, 0.3) is 0 Å². The summed E-state index contributed by atoms with van der Waals surface area (Å²) in [6, 6.07) is 25.9. The highest BCUT2D eigenvalue weighted by Gasteiger charge is 2.64. The number of hydrogen-bond donors (Lipinski definition) is 3. The molecule has 3 N–H and O–H groups in total. The lowest BCUT2D eigenvalue weighted by atomic mass is 9.69. The number of amides is 1. The van der Waals surface area contributed by atoms with Crippen LogP contribution in [0, 0.1) is 5.92 Å². The number of phenols is 1. The third-order valence-electron chi connectivity index (χ3n) is 8.58. The number of anilines is 1. The van der Waals surface area contributed by atoms with Crippen LogP contribution in [0.5, 0.6) is 17.2 Å². The molecule has 9 heteroatoms. The summed E-state index contributed by atoms with van der Waals surface area (Å²) in [4.78, 5) is 41.9. The van der Waals surface area contributed by atoms with Crippen molar-refractivity contribution in [3.63, 3.8) is 0 Å². The Balaban J connectivity index is 1.47. The maximum atomic E-state index is 14.4. The summed E-state index contributed by atoms with van der Waals surface area (Å²) in [5, 5.41) is 17.4. The Morgan fingerprint density at radius 1 is 0.933 bits per heavy atom. The van der Waals surface area contributed by atoms with E-state index in [4.69, 9.17) is 21.1 Å². The van der Waals surface area contributed by atoms with Gasteiger partial charge in [-0.15, -0.1) is 0 Å². The van der Waals surface area contributed by atoms with Crippen LogP contribution >= 0.6 is 11.6 Å². The number of nitrogens with one attached hydrogen (secondary N) is 2. The lowest BCUT2D eigenvalue weighted by Gasteiger charge is -2.32. The third kappa shape index (κ3) is 5.47. The van der Waals surface area contributed by atoms with Crippen LogP contribution < -0.4 is 20.1 Å². The molecule has 4 aromatic rings. The molecule has 2 heterocycles. The number of methoxy groups -OCH3 is 2. The van der Waals surface area contributed by atoms with E-state index in [1.165, 1.54) is 19.3 Å². The van der Waals surface area contributed by atoms with Gasteiger partial charge in [-0.25, -0.2) is 0 Å². The minimum atomic E-state index is -1.43. The maximum absolute atomic E-state index is 14.4. The summed E-state index contributed by atoms with van der Waals surface area (Å²) in [6.07, 6.45) is 2.65. The topological polar surface area (TPSA) is 114 Å². The quantitative estimate of drug-likeness (QED) is 0.151. The maximum Gasteiger partial charge on any atom is 0.250 e. The van der Waals surface area contributed by atoms with E-state index in [0.29, 0.717) is 27.6 Å². The number of carbonyl (C=O) groups excluding carboxylic acids is 3. The first-order valence-corrected chi connectivity index (χ1v) is 14.8. The molecule has 0 aromatic heterocycles. The number of benzene rings is 4. The summed E-state index contributed by atoms with van der Waals surface area (Å²) >= 11 is 6.47. The van der Waals surface area contributed by atoms with E-state index in [1.54, 1.807) is 55.7 Å². The molecule has 1 spiro atoms. The number of ether oxygens (including phenoxy) is 2. The molecule has 0 bridgehead atoms. The number of aromatic hydroxyl groups is 1. The number of fused-ring (bicyclic) bond motifs is 2. The van der Waals surface area contributed by atoms with Gasteiger partial charge in [0.15, 0.2) is 17.3 Å². The number of carbonyl (C=O) groups is 3. The molecule has 2 aliphatic rings. The highest BCUT2D eigenvalue weighted by Crippen LogP contribution is 2.58. The fourth-order valence-electron chi connectivity index (χ4n) is 6.58. The zero-order valence-electron chi connectivity index (χ0n) is 24.6. The first-order valence-electron chi connectivity index (χ1n) is 14.4. The molecular formula is C36H31ClN2O6. The fourth-order valence-corrected chi connectivity index (χ4v) is 6.76. The molecule has 228 valence electrons. The van der Waals surface area contributed by atoms with E-state index in [2.05, 4.69) is 10.6 Å². The van der Waals surface area contributed by atoms with Crippen LogP contribution in [-0.4, -0.2) is 36.8 Å². The van der Waals surface area contributed by atoms with Crippen molar-refractivity contribution in [1.29, 1.82) is 0 Å². The number of phenolic OH excluding ortho intramolecular Hbond substituents is 1. The normalized spacial score (nSPS) is 21.9. The first-order chi connectivity index (χ1) is 21.7. The van der Waals surface area contributed by atoms with E-state index in [9.17, 15) is 19.5 Å². The lowest BCUT2D eigenvalue weighted by Crippen LogP contribution is -2.47. The summed E-state index contributed by atoms with van der Waals surface area (Å²) in [5.41, 5.74) is 1.86. The molecule has 0 aliphatic carbocycles. The van der Waals surface area contributed by atoms with Crippen LogP contribution in [0.4, 0.5) is 5.69 Å². The zero-order valence-corrected chi connectivity index (χ0v) is 25.4. The standard InChI is InChI=1S/C36H31ClN2O6/c1-44-26-10-6-7-21(17-26)11-14-25(40)20-30(42)32-33(23-12-16-29(41)31(18-23)45-2)36(39-34(32)22-8-4-3-5-9-22)27-19-24(37)13-15-28(27)38-35(36)43/h3-19,32-34,39,41H,20H2,1-2H3,(H,38,43)/b14-11+. The van der Waals surface area contributed by atoms with Crippen LogP contribution in [0.1, 0.15) is 40.6 Å². The van der Waals surface area contributed by atoms with Gasteiger partial charge in [0.2, 0.25) is 5.91 Å². The molecule has 0 saturated carbocycles. The highest BCUT2D eigenvalue weighted by atomic mass is 35.5.